The van der Waals surface area contributed by atoms with Crippen molar-refractivity contribution in [2.24, 2.45) is 11.8 Å². The van der Waals surface area contributed by atoms with Crippen LogP contribution in [0.4, 0.5) is 0 Å². The minimum absolute atomic E-state index is 0.155. The van der Waals surface area contributed by atoms with Crippen molar-refractivity contribution in [3.8, 4) is 0 Å². The number of cyclic esters (lactones) is 5. The largest absolute Gasteiger partial charge is 0.456 e. The molecule has 0 radical (unpaired) electrons. The van der Waals surface area contributed by atoms with Gasteiger partial charge in [0.1, 0.15) is 6.10 Å². The Morgan fingerprint density at radius 3 is 2.14 bits per heavy atom. The lowest BCUT2D eigenvalue weighted by atomic mass is 9.80. The smallest absolute Gasteiger partial charge is 0.345 e. The maximum absolute atomic E-state index is 12.8. The first kappa shape index (κ1) is 26.9. The number of esters is 5. The molecule has 0 spiro atoms. The summed E-state index contributed by atoms with van der Waals surface area (Å²) in [6.45, 7) is 2.02. The number of carbonyl (C=O) groups is 5. The summed E-state index contributed by atoms with van der Waals surface area (Å²) >= 11 is 0. The number of hydrogen-bond donors (Lipinski definition) is 3. The van der Waals surface area contributed by atoms with E-state index in [-0.39, 0.29) is 42.4 Å². The average molecular weight is 519 g/mol. The highest BCUT2D eigenvalue weighted by molar-refractivity contribution is 6.15. The van der Waals surface area contributed by atoms with E-state index < -0.39 is 71.7 Å². The van der Waals surface area contributed by atoms with Gasteiger partial charge in [0.15, 0.2) is 0 Å². The summed E-state index contributed by atoms with van der Waals surface area (Å²) in [5.74, 6) is -7.33. The summed E-state index contributed by atoms with van der Waals surface area (Å²) in [5, 5.41) is 33.6. The molecule has 4 rings (SSSR count). The lowest BCUT2D eigenvalue weighted by Gasteiger charge is -2.30. The van der Waals surface area contributed by atoms with Gasteiger partial charge in [0, 0.05) is 24.0 Å². The standard InChI is InChI=1S/C26H30O11/c1-2-3-4-5-7-15(27)20-18-13(23(31)36-25(18)33)10-12(21(29)16-8-6-9-17(28)35-16)11-14-19(22(20)30)26(34)37-24(14)32/h6,9,12,15-16,20-22,27,29-30H,2-5,7-8,10-11H2,1H3/t12-,15-,16-,20+,21-,22+/m0/s1. The zero-order valence-corrected chi connectivity index (χ0v) is 20.4. The lowest BCUT2D eigenvalue weighted by Crippen LogP contribution is -2.39. The number of carbonyl (C=O) groups excluding carboxylic acids is 5. The van der Waals surface area contributed by atoms with E-state index in [9.17, 15) is 39.3 Å². The van der Waals surface area contributed by atoms with Crippen LogP contribution in [0.5, 0.6) is 0 Å². The second kappa shape index (κ2) is 11.1. The second-order valence-electron chi connectivity index (χ2n) is 9.80. The van der Waals surface area contributed by atoms with Crippen LogP contribution < -0.4 is 0 Å². The third-order valence-corrected chi connectivity index (χ3v) is 7.38. The molecule has 3 aliphatic heterocycles. The van der Waals surface area contributed by atoms with E-state index in [1.165, 1.54) is 12.2 Å². The number of hydrogen-bond acceptors (Lipinski definition) is 11. The molecule has 0 unspecified atom stereocenters. The van der Waals surface area contributed by atoms with Crippen molar-refractivity contribution in [2.45, 2.75) is 82.7 Å². The Morgan fingerprint density at radius 1 is 0.892 bits per heavy atom. The third-order valence-electron chi connectivity index (χ3n) is 7.38. The van der Waals surface area contributed by atoms with Crippen LogP contribution in [0.15, 0.2) is 34.4 Å². The third kappa shape index (κ3) is 5.29. The van der Waals surface area contributed by atoms with Crippen LogP contribution in [0.3, 0.4) is 0 Å². The van der Waals surface area contributed by atoms with Crippen molar-refractivity contribution < 1.29 is 53.5 Å². The predicted molar refractivity (Wildman–Crippen MR) is 123 cm³/mol. The van der Waals surface area contributed by atoms with Crippen LogP contribution in [0.25, 0.3) is 0 Å². The van der Waals surface area contributed by atoms with Gasteiger partial charge in [-0.2, -0.15) is 0 Å². The molecule has 0 aromatic heterocycles. The Kier molecular flexibility index (Phi) is 8.05. The van der Waals surface area contributed by atoms with Crippen molar-refractivity contribution in [2.75, 3.05) is 0 Å². The van der Waals surface area contributed by atoms with Gasteiger partial charge >= 0.3 is 29.8 Å². The van der Waals surface area contributed by atoms with Gasteiger partial charge in [-0.25, -0.2) is 24.0 Å². The van der Waals surface area contributed by atoms with Crippen LogP contribution in [-0.4, -0.2) is 69.6 Å². The molecule has 4 aliphatic rings. The topological polar surface area (TPSA) is 174 Å². The highest BCUT2D eigenvalue weighted by Crippen LogP contribution is 2.43. The molecule has 200 valence electrons. The molecule has 0 fully saturated rings. The predicted octanol–water partition coefficient (Wildman–Crippen LogP) is 0.697. The van der Waals surface area contributed by atoms with E-state index >= 15 is 0 Å². The van der Waals surface area contributed by atoms with Crippen molar-refractivity contribution in [1.29, 1.82) is 0 Å². The van der Waals surface area contributed by atoms with Crippen molar-refractivity contribution >= 4 is 29.8 Å². The van der Waals surface area contributed by atoms with E-state index in [0.717, 1.165) is 19.3 Å². The average Bonchev–Trinajstić information content (AvgIpc) is 3.30. The Bertz CT molecular complexity index is 1100. The maximum atomic E-state index is 12.8. The Hall–Kier alpha value is -3.15. The Morgan fingerprint density at radius 2 is 1.51 bits per heavy atom. The van der Waals surface area contributed by atoms with Crippen molar-refractivity contribution in [1.82, 2.24) is 0 Å². The fourth-order valence-electron chi connectivity index (χ4n) is 5.48. The van der Waals surface area contributed by atoms with Gasteiger partial charge in [0.25, 0.3) is 0 Å². The Labute approximate surface area is 212 Å². The number of unbranched alkanes of at least 4 members (excludes halogenated alkanes) is 3. The molecule has 11 heteroatoms. The normalized spacial score (nSPS) is 29.7. The number of rotatable bonds is 8. The molecule has 37 heavy (non-hydrogen) atoms. The first-order chi connectivity index (χ1) is 17.6. The highest BCUT2D eigenvalue weighted by Gasteiger charge is 2.51. The molecule has 0 aromatic carbocycles. The molecule has 0 saturated carbocycles. The molecule has 0 bridgehead atoms. The van der Waals surface area contributed by atoms with Crippen LogP contribution in [0.1, 0.15) is 58.3 Å². The molecule has 6 atom stereocenters. The zero-order valence-electron chi connectivity index (χ0n) is 20.4. The van der Waals surface area contributed by atoms with Crippen LogP contribution in [-0.2, 0) is 38.2 Å². The first-order valence-corrected chi connectivity index (χ1v) is 12.5. The van der Waals surface area contributed by atoms with Crippen molar-refractivity contribution in [3.63, 3.8) is 0 Å². The summed E-state index contributed by atoms with van der Waals surface area (Å²) in [5.41, 5.74) is -1.10. The van der Waals surface area contributed by atoms with E-state index in [4.69, 9.17) is 14.2 Å². The van der Waals surface area contributed by atoms with E-state index in [2.05, 4.69) is 0 Å². The maximum Gasteiger partial charge on any atom is 0.345 e. The molecular weight excluding hydrogens is 488 g/mol. The number of aliphatic hydroxyl groups is 3. The van der Waals surface area contributed by atoms with E-state index in [1.54, 1.807) is 0 Å². The van der Waals surface area contributed by atoms with Gasteiger partial charge < -0.3 is 29.5 Å². The Balaban J connectivity index is 1.78. The molecule has 3 heterocycles. The van der Waals surface area contributed by atoms with Crippen LogP contribution >= 0.6 is 0 Å². The van der Waals surface area contributed by atoms with Gasteiger partial charge in [-0.3, -0.25) is 0 Å². The van der Waals surface area contributed by atoms with E-state index in [0.29, 0.717) is 6.42 Å². The molecule has 11 nitrogen and oxygen atoms in total. The van der Waals surface area contributed by atoms with E-state index in [1.807, 2.05) is 6.92 Å². The van der Waals surface area contributed by atoms with Crippen molar-refractivity contribution in [3.05, 3.63) is 34.4 Å². The fourth-order valence-corrected chi connectivity index (χ4v) is 5.48. The molecule has 0 saturated heterocycles. The van der Waals surface area contributed by atoms with Crippen LogP contribution in [0.2, 0.25) is 0 Å². The van der Waals surface area contributed by atoms with Gasteiger partial charge in [-0.05, 0) is 25.2 Å². The monoisotopic (exact) mass is 518 g/mol. The quantitative estimate of drug-likeness (QED) is 0.179. The van der Waals surface area contributed by atoms with Crippen LogP contribution in [0, 0.1) is 11.8 Å². The minimum Gasteiger partial charge on any atom is -0.456 e. The van der Waals surface area contributed by atoms with Gasteiger partial charge in [-0.15, -0.1) is 0 Å². The van der Waals surface area contributed by atoms with Gasteiger partial charge in [0.2, 0.25) is 0 Å². The summed E-state index contributed by atoms with van der Waals surface area (Å²) in [4.78, 5) is 62.6. The summed E-state index contributed by atoms with van der Waals surface area (Å²) in [6, 6.07) is 0. The lowest BCUT2D eigenvalue weighted by molar-refractivity contribution is -0.154. The second-order valence-corrected chi connectivity index (χ2v) is 9.80. The summed E-state index contributed by atoms with van der Waals surface area (Å²) < 4.78 is 14.8. The minimum atomic E-state index is -1.84. The number of aliphatic hydroxyl groups excluding tert-OH is 3. The summed E-state index contributed by atoms with van der Waals surface area (Å²) in [7, 11) is 0. The molecule has 1 aliphatic carbocycles. The molecule has 0 amide bonds. The fraction of sp³-hybridized carbons (Fsp3) is 0.577. The highest BCUT2D eigenvalue weighted by atomic mass is 16.6. The SMILES string of the molecule is CCCCCC[C@H](O)[C@@H]1C2=C(C[C@H]([C@H](O)[C@@H]3CC=CC(=O)O3)CC3=C(C(=O)OC3=O)[C@H]1O)C(=O)OC2=O. The van der Waals surface area contributed by atoms with Gasteiger partial charge in [-0.1, -0.05) is 38.7 Å². The summed E-state index contributed by atoms with van der Waals surface area (Å²) in [6.07, 6.45) is 0.0132. The molecule has 0 aromatic rings. The first-order valence-electron chi connectivity index (χ1n) is 12.5. The zero-order chi connectivity index (χ0) is 26.9. The number of ether oxygens (including phenoxy) is 3. The molecule has 3 N–H and O–H groups in total. The molecular formula is C26H30O11. The van der Waals surface area contributed by atoms with Gasteiger partial charge in [0.05, 0.1) is 35.0 Å².